The van der Waals surface area contributed by atoms with Gasteiger partial charge in [0, 0.05) is 25.5 Å². The van der Waals surface area contributed by atoms with Crippen LogP contribution in [0.15, 0.2) is 58.8 Å². The number of anilines is 1. The van der Waals surface area contributed by atoms with Gasteiger partial charge in [-0.2, -0.15) is 10.2 Å². The van der Waals surface area contributed by atoms with E-state index in [1.807, 2.05) is 50.5 Å². The third-order valence-electron chi connectivity index (χ3n) is 3.07. The van der Waals surface area contributed by atoms with Gasteiger partial charge in [-0.3, -0.25) is 0 Å². The Morgan fingerprint density at radius 2 is 1.43 bits per heavy atom. The maximum atomic E-state index is 4.26. The fourth-order valence-electron chi connectivity index (χ4n) is 1.83. The Kier molecular flexibility index (Phi) is 6.14. The highest BCUT2D eigenvalue weighted by Gasteiger charge is 1.96. The van der Waals surface area contributed by atoms with Crippen molar-refractivity contribution in [3.63, 3.8) is 0 Å². The predicted molar refractivity (Wildman–Crippen MR) is 96.5 cm³/mol. The van der Waals surface area contributed by atoms with Gasteiger partial charge >= 0.3 is 0 Å². The quantitative estimate of drug-likeness (QED) is 0.445. The zero-order valence-electron chi connectivity index (χ0n) is 12.2. The van der Waals surface area contributed by atoms with E-state index in [1.165, 1.54) is 5.56 Å². The van der Waals surface area contributed by atoms with E-state index in [0.717, 1.165) is 29.2 Å². The van der Waals surface area contributed by atoms with Crippen LogP contribution in [0.1, 0.15) is 5.56 Å². The molecule has 2 aromatic carbocycles. The summed E-state index contributed by atoms with van der Waals surface area (Å²) in [7, 11) is 5.60. The smallest absolute Gasteiger partial charge is 0.0858 e. The van der Waals surface area contributed by atoms with E-state index >= 15 is 0 Å². The Bertz CT molecular complexity index is 577. The molecule has 21 heavy (non-hydrogen) atoms. The van der Waals surface area contributed by atoms with Gasteiger partial charge in [0.05, 0.1) is 11.4 Å². The lowest BCUT2D eigenvalue weighted by Crippen LogP contribution is -2.07. The number of hydrogen-bond donors (Lipinski definition) is 1. The minimum Gasteiger partial charge on any atom is -0.378 e. The molecule has 0 atom stereocenters. The normalized spacial score (nSPS) is 11.0. The van der Waals surface area contributed by atoms with Crippen LogP contribution >= 0.6 is 22.5 Å². The van der Waals surface area contributed by atoms with E-state index in [1.54, 1.807) is 10.8 Å². The molecular weight excluding hydrogens is 298 g/mol. The topological polar surface area (TPSA) is 28.0 Å². The van der Waals surface area contributed by atoms with Crippen molar-refractivity contribution in [2.45, 2.75) is 6.42 Å². The molecule has 0 radical (unpaired) electrons. The average Bonchev–Trinajstić information content (AvgIpc) is 2.52. The van der Waals surface area contributed by atoms with Crippen LogP contribution in [0.5, 0.6) is 0 Å². The van der Waals surface area contributed by atoms with Crippen LogP contribution in [-0.2, 0) is 6.42 Å². The minimum atomic E-state index is 0.858. The molecule has 110 valence electrons. The van der Waals surface area contributed by atoms with Crippen LogP contribution in [0, 0.1) is 0 Å². The molecule has 2 aromatic rings. The summed E-state index contributed by atoms with van der Waals surface area (Å²) in [6.07, 6.45) is 1.03. The van der Waals surface area contributed by atoms with E-state index < -0.39 is 0 Å². The molecule has 0 aliphatic carbocycles. The third kappa shape index (κ3) is 5.10. The Morgan fingerprint density at radius 3 is 1.90 bits per heavy atom. The van der Waals surface area contributed by atoms with Crippen molar-refractivity contribution in [1.29, 1.82) is 0 Å². The number of azo groups is 1. The van der Waals surface area contributed by atoms with Gasteiger partial charge in [-0.05, 0) is 48.4 Å². The Labute approximate surface area is 135 Å². The summed E-state index contributed by atoms with van der Waals surface area (Å²) in [6, 6.07) is 16.2. The summed E-state index contributed by atoms with van der Waals surface area (Å²) in [5.74, 6) is 1.02. The molecule has 0 unspecified atom stereocenters. The van der Waals surface area contributed by atoms with E-state index in [0.29, 0.717) is 0 Å². The zero-order chi connectivity index (χ0) is 15.1. The van der Waals surface area contributed by atoms with Crippen LogP contribution in [-0.4, -0.2) is 19.8 Å². The molecule has 2 rings (SSSR count). The molecule has 0 aromatic heterocycles. The molecule has 0 N–H and O–H groups in total. The van der Waals surface area contributed by atoms with Gasteiger partial charge < -0.3 is 4.90 Å². The van der Waals surface area contributed by atoms with E-state index in [-0.39, 0.29) is 0 Å². The van der Waals surface area contributed by atoms with Crippen molar-refractivity contribution in [3.8, 4) is 0 Å². The highest BCUT2D eigenvalue weighted by molar-refractivity contribution is 8.68. The zero-order valence-corrected chi connectivity index (χ0v) is 13.9. The van der Waals surface area contributed by atoms with Gasteiger partial charge in [-0.1, -0.05) is 22.9 Å². The molecule has 0 spiro atoms. The first-order chi connectivity index (χ1) is 10.2. The first-order valence-corrected chi connectivity index (χ1v) is 8.77. The molecular formula is C16H19N3S2. The fraction of sp³-hybridized carbons (Fsp3) is 0.250. The summed E-state index contributed by atoms with van der Waals surface area (Å²) in [5, 5.41) is 8.52. The molecule has 0 aliphatic heterocycles. The van der Waals surface area contributed by atoms with Gasteiger partial charge in [-0.15, -0.1) is 11.7 Å². The molecule has 0 saturated carbocycles. The van der Waals surface area contributed by atoms with Crippen molar-refractivity contribution in [1.82, 2.24) is 0 Å². The summed E-state index contributed by atoms with van der Waals surface area (Å²) in [4.78, 5) is 2.06. The first-order valence-electron chi connectivity index (χ1n) is 6.73. The minimum absolute atomic E-state index is 0.858. The third-order valence-corrected chi connectivity index (χ3v) is 4.00. The van der Waals surface area contributed by atoms with Crippen LogP contribution in [0.2, 0.25) is 0 Å². The van der Waals surface area contributed by atoms with Gasteiger partial charge in [0.1, 0.15) is 0 Å². The molecule has 0 aliphatic rings. The van der Waals surface area contributed by atoms with Crippen LogP contribution in [0.4, 0.5) is 17.1 Å². The number of nitrogens with zero attached hydrogens (tertiary/aromatic N) is 3. The van der Waals surface area contributed by atoms with Crippen molar-refractivity contribution in [2.24, 2.45) is 10.2 Å². The molecule has 0 bridgehead atoms. The van der Waals surface area contributed by atoms with Crippen LogP contribution in [0.3, 0.4) is 0 Å². The van der Waals surface area contributed by atoms with Crippen molar-refractivity contribution in [3.05, 3.63) is 54.1 Å². The Balaban J connectivity index is 2.00. The van der Waals surface area contributed by atoms with Gasteiger partial charge in [0.15, 0.2) is 0 Å². The lowest BCUT2D eigenvalue weighted by molar-refractivity contribution is 1.13. The van der Waals surface area contributed by atoms with Gasteiger partial charge in [0.2, 0.25) is 0 Å². The SMILES string of the molecule is CN(C)c1ccc(N=Nc2ccc(CCSS)cc2)cc1. The summed E-state index contributed by atoms with van der Waals surface area (Å²) < 4.78 is 0. The predicted octanol–water partition coefficient (Wildman–Crippen LogP) is 5.29. The lowest BCUT2D eigenvalue weighted by atomic mass is 10.1. The molecule has 0 heterocycles. The highest BCUT2D eigenvalue weighted by Crippen LogP contribution is 2.22. The summed E-state index contributed by atoms with van der Waals surface area (Å²) in [5.41, 5.74) is 4.18. The maximum absolute atomic E-state index is 4.26. The average molecular weight is 317 g/mol. The second kappa shape index (κ2) is 8.10. The summed E-state index contributed by atoms with van der Waals surface area (Å²) >= 11 is 4.14. The lowest BCUT2D eigenvalue weighted by Gasteiger charge is -2.11. The molecule has 5 heteroatoms. The van der Waals surface area contributed by atoms with E-state index in [4.69, 9.17) is 0 Å². The van der Waals surface area contributed by atoms with E-state index in [9.17, 15) is 0 Å². The largest absolute Gasteiger partial charge is 0.378 e. The van der Waals surface area contributed by atoms with Gasteiger partial charge in [-0.25, -0.2) is 0 Å². The standard InChI is InChI=1S/C16H19N3S2/c1-19(2)16-9-7-15(8-10-16)18-17-14-5-3-13(4-6-14)11-12-21-20/h3-10,20H,11-12H2,1-2H3. The second-order valence-corrected chi connectivity index (χ2v) is 6.30. The van der Waals surface area contributed by atoms with Crippen molar-refractivity contribution < 1.29 is 0 Å². The monoisotopic (exact) mass is 317 g/mol. The maximum Gasteiger partial charge on any atom is 0.0858 e. The first kappa shape index (κ1) is 15.9. The molecule has 0 amide bonds. The highest BCUT2D eigenvalue weighted by atomic mass is 33.1. The van der Waals surface area contributed by atoms with Crippen molar-refractivity contribution >= 4 is 39.5 Å². The molecule has 3 nitrogen and oxygen atoms in total. The van der Waals surface area contributed by atoms with Crippen LogP contribution in [0.25, 0.3) is 0 Å². The Hall–Kier alpha value is -1.46. The number of rotatable bonds is 6. The second-order valence-electron chi connectivity index (χ2n) is 4.86. The molecule has 0 fully saturated rings. The summed E-state index contributed by atoms with van der Waals surface area (Å²) in [6.45, 7) is 0. The fourth-order valence-corrected chi connectivity index (χ4v) is 2.43. The Morgan fingerprint density at radius 1 is 0.905 bits per heavy atom. The molecule has 0 saturated heterocycles. The number of thiol groups is 1. The number of benzene rings is 2. The number of hydrogen-bond acceptors (Lipinski definition) is 5. The number of aryl methyl sites for hydroxylation is 1. The van der Waals surface area contributed by atoms with Gasteiger partial charge in [0.25, 0.3) is 0 Å². The van der Waals surface area contributed by atoms with Crippen LogP contribution < -0.4 is 4.90 Å². The van der Waals surface area contributed by atoms with Crippen molar-refractivity contribution in [2.75, 3.05) is 24.7 Å². The van der Waals surface area contributed by atoms with E-state index in [2.05, 4.69) is 38.9 Å².